The summed E-state index contributed by atoms with van der Waals surface area (Å²) >= 11 is 0. The zero-order valence-corrected chi connectivity index (χ0v) is 12.9. The van der Waals surface area contributed by atoms with Crippen molar-refractivity contribution in [1.29, 1.82) is 0 Å². The first-order valence-electron chi connectivity index (χ1n) is 1.94. The molecule has 0 nitrogen and oxygen atoms in total. The summed E-state index contributed by atoms with van der Waals surface area (Å²) in [6, 6.07) is 0. The topological polar surface area (TPSA) is 0 Å². The monoisotopic (exact) mass is 241 g/mol. The van der Waals surface area contributed by atoms with E-state index in [0.29, 0.717) is 0 Å². The van der Waals surface area contributed by atoms with Gasteiger partial charge in [-0.3, -0.25) is 0 Å². The first kappa shape index (κ1) is 13.9. The van der Waals surface area contributed by atoms with Gasteiger partial charge in [0.2, 0.25) is 0 Å². The second-order valence-corrected chi connectivity index (χ2v) is 40.6. The van der Waals surface area contributed by atoms with E-state index in [4.69, 9.17) is 0 Å². The summed E-state index contributed by atoms with van der Waals surface area (Å²) in [5, 5.41) is 0. The Balaban J connectivity index is 0.000000270. The molecule has 4 heterocycles. The second kappa shape index (κ2) is 5.11. The first-order chi connectivity index (χ1) is 3.45. The van der Waals surface area contributed by atoms with E-state index in [1.54, 1.807) is 22.6 Å². The van der Waals surface area contributed by atoms with Crippen LogP contribution in [0.2, 0.25) is 0 Å². The van der Waals surface area contributed by atoms with Crippen molar-refractivity contribution in [3.63, 3.8) is 0 Å². The van der Waals surface area contributed by atoms with Gasteiger partial charge in [0, 0.05) is 56.6 Å². The molecule has 0 amide bonds. The van der Waals surface area contributed by atoms with E-state index >= 15 is 0 Å². The van der Waals surface area contributed by atoms with Crippen molar-refractivity contribution in [2.24, 2.45) is 0 Å². The van der Waals surface area contributed by atoms with Gasteiger partial charge in [-0.25, -0.2) is 0 Å². The minimum atomic E-state index is 0. The van der Waals surface area contributed by atoms with Gasteiger partial charge >= 0.3 is 0 Å². The Labute approximate surface area is 103 Å². The molecule has 0 spiro atoms. The fourth-order valence-electron chi connectivity index (χ4n) is 0.717. The van der Waals surface area contributed by atoms with Gasteiger partial charge in [-0.2, -0.15) is 0 Å². The number of hydrogen-bond acceptors (Lipinski definition) is 0. The quantitative estimate of drug-likeness (QED) is 0.520. The standard InChI is InChI=1S/3Li.H3P7/c;;;1-4-2-6-5(1)7(6)3-4/h;;;1-3H. The Morgan fingerprint density at radius 2 is 0.900 bits per heavy atom. The molecule has 4 bridgehead atoms. The predicted molar refractivity (Wildman–Crippen MR) is 69.9 cm³/mol. The van der Waals surface area contributed by atoms with E-state index in [1.807, 2.05) is 0 Å². The number of hydrogen-bond donors (Lipinski definition) is 0. The van der Waals surface area contributed by atoms with Crippen LogP contribution in [0.4, 0.5) is 0 Å². The minimum absolute atomic E-state index is 0. The fourth-order valence-corrected chi connectivity index (χ4v) is 174. The number of rotatable bonds is 0. The Bertz CT molecular complexity index is 287. The molecule has 4 aromatic heterocycles. The molecular weight excluding hydrogens is 238 g/mol. The van der Waals surface area contributed by atoms with E-state index in [0.717, 1.165) is 25.5 Å². The van der Waals surface area contributed by atoms with Gasteiger partial charge in [0.15, 0.2) is 0 Å². The summed E-state index contributed by atoms with van der Waals surface area (Å²) in [6.07, 6.45) is 3.61. The van der Waals surface area contributed by atoms with Crippen LogP contribution in [0.25, 0.3) is 0 Å². The summed E-state index contributed by atoms with van der Waals surface area (Å²) in [5.74, 6) is 0. The molecule has 0 fully saturated rings. The summed E-state index contributed by atoms with van der Waals surface area (Å²) in [7, 11) is 4.85. The van der Waals surface area contributed by atoms with E-state index in [-0.39, 0.29) is 56.6 Å². The van der Waals surface area contributed by atoms with E-state index in [1.165, 1.54) is 0 Å². The smallest absolute Gasteiger partial charge is 0 e. The Morgan fingerprint density at radius 1 is 0.600 bits per heavy atom. The molecule has 3 atom stereocenters. The molecule has 0 aliphatic carbocycles. The van der Waals surface area contributed by atoms with Crippen molar-refractivity contribution in [2.75, 3.05) is 0 Å². The second-order valence-electron chi connectivity index (χ2n) is 1.50. The van der Waals surface area contributed by atoms with Crippen molar-refractivity contribution in [3.05, 3.63) is 0 Å². The first-order valence-corrected chi connectivity index (χ1v) is 17.5. The van der Waals surface area contributed by atoms with Crippen LogP contribution in [0.3, 0.4) is 0 Å². The van der Waals surface area contributed by atoms with Crippen LogP contribution < -0.4 is 0 Å². The third kappa shape index (κ3) is 2.10. The zero-order chi connectivity index (χ0) is 4.43. The van der Waals surface area contributed by atoms with Crippen LogP contribution in [0, 0.1) is 0 Å². The van der Waals surface area contributed by atoms with Crippen LogP contribution in [-0.2, 0) is 0 Å². The molecule has 0 N–H and O–H groups in total. The summed E-state index contributed by atoms with van der Waals surface area (Å²) in [6.45, 7) is 0. The third-order valence-corrected chi connectivity index (χ3v) is 82.3. The molecule has 10 heavy (non-hydrogen) atoms. The van der Waals surface area contributed by atoms with Crippen LogP contribution in [-0.4, -0.2) is 56.6 Å². The van der Waals surface area contributed by atoms with Crippen molar-refractivity contribution >= 4 is 105 Å². The molecule has 4 rings (SSSR count). The summed E-state index contributed by atoms with van der Waals surface area (Å²) in [4.78, 5) is 0. The molecule has 41 valence electrons. The average Bonchev–Trinajstić information content (AvgIpc) is 2.10. The minimum Gasteiger partial charge on any atom is -0.0734 e. The molecule has 3 radical (unpaired) electrons. The van der Waals surface area contributed by atoms with Gasteiger partial charge < -0.3 is 0 Å². The summed E-state index contributed by atoms with van der Waals surface area (Å²) < 4.78 is 0. The van der Waals surface area contributed by atoms with Crippen molar-refractivity contribution in [2.45, 2.75) is 0 Å². The molecular formula is H3Li3P7. The van der Waals surface area contributed by atoms with Gasteiger partial charge in [-0.05, 0) is 25.5 Å². The molecule has 0 saturated heterocycles. The normalized spacial score (nSPS) is 19.2. The Kier molecular flexibility index (Phi) is 7.10. The van der Waals surface area contributed by atoms with Crippen LogP contribution >= 0.6 is 48.1 Å². The van der Waals surface area contributed by atoms with Crippen molar-refractivity contribution in [3.8, 4) is 0 Å². The molecule has 0 saturated carbocycles. The van der Waals surface area contributed by atoms with E-state index in [9.17, 15) is 0 Å². The SMILES string of the molecule is [Li].[Li].[Li].[pH]1p2[pH]p3p1p3[pH]2. The van der Waals surface area contributed by atoms with Crippen LogP contribution in [0.1, 0.15) is 0 Å². The average molecular weight is 241 g/mol. The maximum Gasteiger partial charge on any atom is 0 e. The predicted octanol–water partition coefficient (Wildman–Crippen LogP) is 4.08. The zero-order valence-electron chi connectivity index (χ0n) is 6.29. The van der Waals surface area contributed by atoms with Crippen LogP contribution in [0.15, 0.2) is 0 Å². The summed E-state index contributed by atoms with van der Waals surface area (Å²) in [5.41, 5.74) is 0. The van der Waals surface area contributed by atoms with Crippen molar-refractivity contribution < 1.29 is 0 Å². The third-order valence-electron chi connectivity index (χ3n) is 1.08. The molecule has 0 aliphatic heterocycles. The van der Waals surface area contributed by atoms with Crippen LogP contribution in [0.5, 0.6) is 0 Å². The molecule has 4 aromatic rings. The molecule has 3 unspecified atom stereocenters. The van der Waals surface area contributed by atoms with Gasteiger partial charge in [0.1, 0.15) is 0 Å². The maximum atomic E-state index is 1.62. The van der Waals surface area contributed by atoms with E-state index in [2.05, 4.69) is 0 Å². The maximum absolute atomic E-state index is 1.62. The van der Waals surface area contributed by atoms with Gasteiger partial charge in [-0.15, -0.1) is 0 Å². The van der Waals surface area contributed by atoms with Gasteiger partial charge in [0.25, 0.3) is 0 Å². The van der Waals surface area contributed by atoms with E-state index < -0.39 is 0 Å². The Morgan fingerprint density at radius 3 is 1.00 bits per heavy atom. The van der Waals surface area contributed by atoms with Crippen molar-refractivity contribution in [1.82, 2.24) is 0 Å². The molecule has 0 aromatic carbocycles. The Hall–Kier alpha value is 3.89. The van der Waals surface area contributed by atoms with Gasteiger partial charge in [0.05, 0.1) is 0 Å². The molecule has 10 heteroatoms. The van der Waals surface area contributed by atoms with Gasteiger partial charge in [-0.1, -0.05) is 22.6 Å². The fraction of sp³-hybridized carbons (Fsp3) is 0. The molecule has 0 aliphatic rings. The largest absolute Gasteiger partial charge is 0.0734 e.